The highest BCUT2D eigenvalue weighted by Gasteiger charge is 2.34. The Kier molecular flexibility index (Phi) is 3.52. The molecule has 1 fully saturated rings. The van der Waals surface area contributed by atoms with Gasteiger partial charge in [-0.3, -0.25) is 4.79 Å². The van der Waals surface area contributed by atoms with E-state index in [4.69, 9.17) is 10.5 Å². The second-order valence-corrected chi connectivity index (χ2v) is 4.93. The number of methoxy groups -OCH3 is 1. The Morgan fingerprint density at radius 3 is 3.06 bits per heavy atom. The molecule has 2 rings (SSSR count). The SMILES string of the molecule is COC1(C)CCCN(C(=O)c2ncccc2N)C1. The maximum Gasteiger partial charge on any atom is 0.274 e. The second-order valence-electron chi connectivity index (χ2n) is 4.93. The van der Waals surface area contributed by atoms with Crippen molar-refractivity contribution in [3.8, 4) is 0 Å². The third-order valence-electron chi connectivity index (χ3n) is 3.48. The van der Waals surface area contributed by atoms with E-state index in [0.29, 0.717) is 17.9 Å². The number of anilines is 1. The van der Waals surface area contributed by atoms with Crippen LogP contribution in [0.2, 0.25) is 0 Å². The number of pyridine rings is 1. The van der Waals surface area contributed by atoms with Crippen molar-refractivity contribution < 1.29 is 9.53 Å². The zero-order valence-electron chi connectivity index (χ0n) is 10.8. The fourth-order valence-corrected chi connectivity index (χ4v) is 2.29. The number of hydrogen-bond acceptors (Lipinski definition) is 4. The highest BCUT2D eigenvalue weighted by Crippen LogP contribution is 2.25. The van der Waals surface area contributed by atoms with Gasteiger partial charge >= 0.3 is 0 Å². The van der Waals surface area contributed by atoms with Crippen LogP contribution in [0.1, 0.15) is 30.3 Å². The molecule has 1 aliphatic heterocycles. The first-order chi connectivity index (χ1) is 8.56. The van der Waals surface area contributed by atoms with E-state index in [2.05, 4.69) is 4.98 Å². The lowest BCUT2D eigenvalue weighted by Gasteiger charge is -2.39. The number of piperidine rings is 1. The summed E-state index contributed by atoms with van der Waals surface area (Å²) in [7, 11) is 1.68. The zero-order chi connectivity index (χ0) is 13.2. The summed E-state index contributed by atoms with van der Waals surface area (Å²) in [6.07, 6.45) is 3.48. The van der Waals surface area contributed by atoms with Crippen molar-refractivity contribution >= 4 is 11.6 Å². The normalized spacial score (nSPS) is 24.0. The topological polar surface area (TPSA) is 68.5 Å². The average molecular weight is 249 g/mol. The molecule has 1 atom stereocenters. The van der Waals surface area contributed by atoms with Gasteiger partial charge in [0.1, 0.15) is 0 Å². The van der Waals surface area contributed by atoms with E-state index in [0.717, 1.165) is 19.4 Å². The van der Waals surface area contributed by atoms with Crippen LogP contribution < -0.4 is 5.73 Å². The van der Waals surface area contributed by atoms with Gasteiger partial charge in [-0.1, -0.05) is 0 Å². The van der Waals surface area contributed by atoms with Gasteiger partial charge in [0.05, 0.1) is 11.3 Å². The summed E-state index contributed by atoms with van der Waals surface area (Å²) in [6.45, 7) is 3.33. The molecule has 5 heteroatoms. The van der Waals surface area contributed by atoms with Crippen molar-refractivity contribution in [2.45, 2.75) is 25.4 Å². The predicted molar refractivity (Wildman–Crippen MR) is 69.2 cm³/mol. The smallest absolute Gasteiger partial charge is 0.274 e. The first kappa shape index (κ1) is 12.8. The van der Waals surface area contributed by atoms with Crippen LogP contribution in [0.25, 0.3) is 0 Å². The molecule has 0 aliphatic carbocycles. The summed E-state index contributed by atoms with van der Waals surface area (Å²) >= 11 is 0. The molecule has 1 aromatic heterocycles. The van der Waals surface area contributed by atoms with Crippen LogP contribution in [0.15, 0.2) is 18.3 Å². The molecule has 1 aliphatic rings. The molecule has 0 spiro atoms. The first-order valence-corrected chi connectivity index (χ1v) is 6.11. The molecule has 18 heavy (non-hydrogen) atoms. The second kappa shape index (κ2) is 4.94. The molecule has 1 aromatic rings. The lowest BCUT2D eigenvalue weighted by Crippen LogP contribution is -2.49. The van der Waals surface area contributed by atoms with Crippen molar-refractivity contribution in [2.75, 3.05) is 25.9 Å². The Balaban J connectivity index is 2.17. The van der Waals surface area contributed by atoms with Crippen LogP contribution in [0.5, 0.6) is 0 Å². The van der Waals surface area contributed by atoms with Gasteiger partial charge in [-0.15, -0.1) is 0 Å². The van der Waals surface area contributed by atoms with Crippen molar-refractivity contribution in [3.63, 3.8) is 0 Å². The molecular formula is C13H19N3O2. The number of aromatic nitrogens is 1. The Labute approximate surface area is 107 Å². The minimum Gasteiger partial charge on any atom is -0.397 e. The van der Waals surface area contributed by atoms with Gasteiger partial charge in [0.25, 0.3) is 5.91 Å². The third-order valence-corrected chi connectivity index (χ3v) is 3.48. The number of nitrogens with zero attached hydrogens (tertiary/aromatic N) is 2. The summed E-state index contributed by atoms with van der Waals surface area (Å²) in [4.78, 5) is 18.2. The zero-order valence-corrected chi connectivity index (χ0v) is 10.8. The summed E-state index contributed by atoms with van der Waals surface area (Å²) in [6, 6.07) is 3.42. The standard InChI is InChI=1S/C13H19N3O2/c1-13(18-2)6-4-8-16(9-13)12(17)11-10(14)5-3-7-15-11/h3,5,7H,4,6,8-9,14H2,1-2H3. The molecule has 0 radical (unpaired) electrons. The van der Waals surface area contributed by atoms with E-state index in [-0.39, 0.29) is 11.5 Å². The maximum atomic E-state index is 12.4. The molecule has 0 bridgehead atoms. The largest absolute Gasteiger partial charge is 0.397 e. The number of hydrogen-bond donors (Lipinski definition) is 1. The molecule has 98 valence electrons. The van der Waals surface area contributed by atoms with Gasteiger partial charge in [0, 0.05) is 26.4 Å². The molecule has 2 heterocycles. The van der Waals surface area contributed by atoms with E-state index in [1.54, 1.807) is 30.3 Å². The molecule has 1 amide bonds. The molecule has 0 aromatic carbocycles. The van der Waals surface area contributed by atoms with Crippen molar-refractivity contribution in [1.82, 2.24) is 9.88 Å². The van der Waals surface area contributed by atoms with Crippen molar-refractivity contribution in [3.05, 3.63) is 24.0 Å². The summed E-state index contributed by atoms with van der Waals surface area (Å²) in [5, 5.41) is 0. The number of nitrogen functional groups attached to an aromatic ring is 1. The van der Waals surface area contributed by atoms with Crippen molar-refractivity contribution in [2.24, 2.45) is 0 Å². The predicted octanol–water partition coefficient (Wildman–Crippen LogP) is 1.30. The van der Waals surface area contributed by atoms with Crippen LogP contribution in [0.4, 0.5) is 5.69 Å². The summed E-state index contributed by atoms with van der Waals surface area (Å²) in [5.74, 6) is -0.115. The summed E-state index contributed by atoms with van der Waals surface area (Å²) in [5.41, 5.74) is 6.28. The van der Waals surface area contributed by atoms with Gasteiger partial charge in [-0.25, -0.2) is 4.98 Å². The molecule has 0 saturated carbocycles. The van der Waals surface area contributed by atoms with Gasteiger partial charge in [0.15, 0.2) is 5.69 Å². The van der Waals surface area contributed by atoms with Crippen LogP contribution in [-0.2, 0) is 4.74 Å². The van der Waals surface area contributed by atoms with E-state index < -0.39 is 0 Å². The number of rotatable bonds is 2. The van der Waals surface area contributed by atoms with E-state index >= 15 is 0 Å². The Morgan fingerprint density at radius 2 is 2.39 bits per heavy atom. The van der Waals surface area contributed by atoms with Crippen LogP contribution in [0.3, 0.4) is 0 Å². The van der Waals surface area contributed by atoms with Gasteiger partial charge in [-0.2, -0.15) is 0 Å². The molecular weight excluding hydrogens is 230 g/mol. The lowest BCUT2D eigenvalue weighted by atomic mass is 9.94. The highest BCUT2D eigenvalue weighted by molar-refractivity contribution is 5.97. The van der Waals surface area contributed by atoms with Gasteiger partial charge in [-0.05, 0) is 31.9 Å². The van der Waals surface area contributed by atoms with Crippen LogP contribution in [-0.4, -0.2) is 41.6 Å². The molecule has 5 nitrogen and oxygen atoms in total. The number of carbonyl (C=O) groups is 1. The van der Waals surface area contributed by atoms with Crippen LogP contribution >= 0.6 is 0 Å². The number of nitrogens with two attached hydrogens (primary N) is 1. The minimum atomic E-state index is -0.266. The van der Waals surface area contributed by atoms with E-state index in [9.17, 15) is 4.79 Å². The number of ether oxygens (including phenoxy) is 1. The van der Waals surface area contributed by atoms with Gasteiger partial charge in [0.2, 0.25) is 0 Å². The van der Waals surface area contributed by atoms with Crippen molar-refractivity contribution in [1.29, 1.82) is 0 Å². The fourth-order valence-electron chi connectivity index (χ4n) is 2.29. The molecule has 2 N–H and O–H groups in total. The van der Waals surface area contributed by atoms with Crippen LogP contribution in [0, 0.1) is 0 Å². The number of amides is 1. The molecule has 1 unspecified atom stereocenters. The lowest BCUT2D eigenvalue weighted by molar-refractivity contribution is -0.0441. The minimum absolute atomic E-state index is 0.115. The van der Waals surface area contributed by atoms with Gasteiger partial charge < -0.3 is 15.4 Å². The Bertz CT molecular complexity index is 450. The Morgan fingerprint density at radius 1 is 1.61 bits per heavy atom. The highest BCUT2D eigenvalue weighted by atomic mass is 16.5. The monoisotopic (exact) mass is 249 g/mol. The van der Waals surface area contributed by atoms with E-state index in [1.807, 2.05) is 6.92 Å². The third kappa shape index (κ3) is 2.46. The maximum absolute atomic E-state index is 12.4. The average Bonchev–Trinajstić information content (AvgIpc) is 2.39. The summed E-state index contributed by atoms with van der Waals surface area (Å²) < 4.78 is 5.48. The first-order valence-electron chi connectivity index (χ1n) is 6.11. The van der Waals surface area contributed by atoms with E-state index in [1.165, 1.54) is 0 Å². The fraction of sp³-hybridized carbons (Fsp3) is 0.538. The number of likely N-dealkylation sites (tertiary alicyclic amines) is 1. The number of carbonyl (C=O) groups excluding carboxylic acids is 1. The Hall–Kier alpha value is -1.62. The quantitative estimate of drug-likeness (QED) is 0.858. The molecule has 1 saturated heterocycles.